The molecule has 0 aromatic rings. The van der Waals surface area contributed by atoms with Crippen molar-refractivity contribution in [1.82, 2.24) is 0 Å². The van der Waals surface area contributed by atoms with Crippen LogP contribution in [-0.2, 0) is 0 Å². The maximum Gasteiger partial charge on any atom is -0.00178 e. The third kappa shape index (κ3) is 1.81. The molecule has 0 amide bonds. The van der Waals surface area contributed by atoms with Gasteiger partial charge in [0.25, 0.3) is 0 Å². The Morgan fingerprint density at radius 2 is 1.93 bits per heavy atom. The van der Waals surface area contributed by atoms with Crippen LogP contribution >= 0.6 is 0 Å². The zero-order valence-electron chi connectivity index (χ0n) is 9.62. The second-order valence-electron chi connectivity index (χ2n) is 5.59. The van der Waals surface area contributed by atoms with E-state index in [-0.39, 0.29) is 0 Å². The van der Waals surface area contributed by atoms with Crippen LogP contribution in [0.1, 0.15) is 32.1 Å². The molecule has 2 fully saturated rings. The molecule has 0 radical (unpaired) electrons. The highest BCUT2D eigenvalue weighted by Crippen LogP contribution is 2.59. The lowest BCUT2D eigenvalue weighted by atomic mass is 9.67. The van der Waals surface area contributed by atoms with Gasteiger partial charge in [-0.3, -0.25) is 0 Å². The summed E-state index contributed by atoms with van der Waals surface area (Å²) in [6.45, 7) is 2.53. The molecule has 0 aromatic heterocycles. The highest BCUT2D eigenvalue weighted by atomic mass is 14.7. The Bertz CT molecular complexity index is 219. The van der Waals surface area contributed by atoms with Crippen LogP contribution in [0.4, 0.5) is 0 Å². The predicted molar refractivity (Wildman–Crippen MR) is 63.2 cm³/mol. The SMILES string of the molecule is NCCCC1(CN)CC2CC1CC2CN. The van der Waals surface area contributed by atoms with Gasteiger partial charge < -0.3 is 17.2 Å². The molecule has 4 unspecified atom stereocenters. The van der Waals surface area contributed by atoms with E-state index < -0.39 is 0 Å². The molecule has 0 aromatic carbocycles. The summed E-state index contributed by atoms with van der Waals surface area (Å²) in [5.41, 5.74) is 17.8. The van der Waals surface area contributed by atoms with Crippen molar-refractivity contribution in [2.45, 2.75) is 32.1 Å². The Labute approximate surface area is 92.8 Å². The Kier molecular flexibility index (Phi) is 3.33. The van der Waals surface area contributed by atoms with Crippen LogP contribution in [0.3, 0.4) is 0 Å². The van der Waals surface area contributed by atoms with E-state index >= 15 is 0 Å². The van der Waals surface area contributed by atoms with Gasteiger partial charge in [-0.15, -0.1) is 0 Å². The fourth-order valence-electron chi connectivity index (χ4n) is 4.05. The van der Waals surface area contributed by atoms with Crippen molar-refractivity contribution in [3.8, 4) is 0 Å². The molecular weight excluding hydrogens is 186 g/mol. The van der Waals surface area contributed by atoms with E-state index in [1.807, 2.05) is 0 Å². The molecule has 6 N–H and O–H groups in total. The lowest BCUT2D eigenvalue weighted by molar-refractivity contribution is 0.126. The van der Waals surface area contributed by atoms with Crippen molar-refractivity contribution in [3.63, 3.8) is 0 Å². The maximum atomic E-state index is 6.01. The fraction of sp³-hybridized carbons (Fsp3) is 1.00. The van der Waals surface area contributed by atoms with Crippen molar-refractivity contribution < 1.29 is 0 Å². The number of nitrogens with two attached hydrogens (primary N) is 3. The smallest absolute Gasteiger partial charge is 0.00178 e. The van der Waals surface area contributed by atoms with Gasteiger partial charge in [-0.1, -0.05) is 0 Å². The Balaban J connectivity index is 2.00. The summed E-state index contributed by atoms with van der Waals surface area (Å²) >= 11 is 0. The summed E-state index contributed by atoms with van der Waals surface area (Å²) in [7, 11) is 0. The van der Waals surface area contributed by atoms with E-state index in [1.54, 1.807) is 0 Å². The van der Waals surface area contributed by atoms with Crippen LogP contribution in [-0.4, -0.2) is 19.6 Å². The highest BCUT2D eigenvalue weighted by molar-refractivity contribution is 5.04. The summed E-state index contributed by atoms with van der Waals surface area (Å²) in [5, 5.41) is 0. The first kappa shape index (κ1) is 11.4. The zero-order chi connectivity index (χ0) is 10.9. The minimum Gasteiger partial charge on any atom is -0.330 e. The summed E-state index contributed by atoms with van der Waals surface area (Å²) < 4.78 is 0. The van der Waals surface area contributed by atoms with Gasteiger partial charge in [0.1, 0.15) is 0 Å². The molecule has 88 valence electrons. The number of fused-ring (bicyclic) bond motifs is 2. The molecule has 2 bridgehead atoms. The molecule has 0 saturated heterocycles. The minimum atomic E-state index is 0.426. The Morgan fingerprint density at radius 1 is 1.13 bits per heavy atom. The second kappa shape index (κ2) is 4.40. The van der Waals surface area contributed by atoms with Crippen LogP contribution in [0.5, 0.6) is 0 Å². The second-order valence-corrected chi connectivity index (χ2v) is 5.59. The molecule has 0 aliphatic heterocycles. The van der Waals surface area contributed by atoms with Crippen LogP contribution in [0.15, 0.2) is 0 Å². The lowest BCUT2D eigenvalue weighted by Crippen LogP contribution is -2.39. The number of rotatable bonds is 5. The maximum absolute atomic E-state index is 6.01. The summed E-state index contributed by atoms with van der Waals surface area (Å²) in [6.07, 6.45) is 6.38. The van der Waals surface area contributed by atoms with E-state index in [1.165, 1.54) is 25.7 Å². The zero-order valence-corrected chi connectivity index (χ0v) is 9.62. The average Bonchev–Trinajstić information content (AvgIpc) is 2.83. The van der Waals surface area contributed by atoms with Crippen molar-refractivity contribution in [2.75, 3.05) is 19.6 Å². The monoisotopic (exact) mass is 211 g/mol. The van der Waals surface area contributed by atoms with Gasteiger partial charge in [0.15, 0.2) is 0 Å². The standard InChI is InChI=1S/C12H25N3/c13-3-1-2-12(8-15)6-9-4-11(12)5-10(9)7-14/h9-11H,1-8,13-15H2. The first-order valence-corrected chi connectivity index (χ1v) is 6.36. The van der Waals surface area contributed by atoms with Crippen LogP contribution in [0.2, 0.25) is 0 Å². The van der Waals surface area contributed by atoms with E-state index in [0.29, 0.717) is 5.41 Å². The molecule has 15 heavy (non-hydrogen) atoms. The van der Waals surface area contributed by atoms with E-state index in [9.17, 15) is 0 Å². The summed E-state index contributed by atoms with van der Waals surface area (Å²) in [4.78, 5) is 0. The Hall–Kier alpha value is -0.120. The molecule has 0 heterocycles. The molecule has 3 nitrogen and oxygen atoms in total. The minimum absolute atomic E-state index is 0.426. The third-order valence-electron chi connectivity index (χ3n) is 4.96. The number of hydrogen-bond donors (Lipinski definition) is 3. The summed E-state index contributed by atoms with van der Waals surface area (Å²) in [6, 6.07) is 0. The molecule has 2 saturated carbocycles. The Morgan fingerprint density at radius 3 is 2.40 bits per heavy atom. The average molecular weight is 211 g/mol. The van der Waals surface area contributed by atoms with E-state index in [4.69, 9.17) is 17.2 Å². The van der Waals surface area contributed by atoms with E-state index in [2.05, 4.69) is 0 Å². The molecule has 2 aliphatic carbocycles. The molecular formula is C12H25N3. The van der Waals surface area contributed by atoms with Gasteiger partial charge >= 0.3 is 0 Å². The topological polar surface area (TPSA) is 78.1 Å². The van der Waals surface area contributed by atoms with Gasteiger partial charge in [0.05, 0.1) is 0 Å². The number of hydrogen-bond acceptors (Lipinski definition) is 3. The van der Waals surface area contributed by atoms with Crippen molar-refractivity contribution >= 4 is 0 Å². The first-order valence-electron chi connectivity index (χ1n) is 6.36. The molecule has 2 rings (SSSR count). The van der Waals surface area contributed by atoms with Gasteiger partial charge in [0.2, 0.25) is 0 Å². The van der Waals surface area contributed by atoms with Gasteiger partial charge in [-0.25, -0.2) is 0 Å². The summed E-state index contributed by atoms with van der Waals surface area (Å²) in [5.74, 6) is 2.49. The first-order chi connectivity index (χ1) is 7.25. The fourth-order valence-corrected chi connectivity index (χ4v) is 4.05. The molecule has 0 spiro atoms. The highest BCUT2D eigenvalue weighted by Gasteiger charge is 2.52. The largest absolute Gasteiger partial charge is 0.330 e. The van der Waals surface area contributed by atoms with Crippen LogP contribution in [0, 0.1) is 23.2 Å². The lowest BCUT2D eigenvalue weighted by Gasteiger charge is -2.39. The molecule has 3 heteroatoms. The third-order valence-corrected chi connectivity index (χ3v) is 4.96. The van der Waals surface area contributed by atoms with Crippen molar-refractivity contribution in [2.24, 2.45) is 40.4 Å². The van der Waals surface area contributed by atoms with Crippen LogP contribution < -0.4 is 17.2 Å². The van der Waals surface area contributed by atoms with Gasteiger partial charge in [-0.2, -0.15) is 0 Å². The molecule has 2 aliphatic rings. The van der Waals surface area contributed by atoms with Crippen molar-refractivity contribution in [1.29, 1.82) is 0 Å². The molecule has 4 atom stereocenters. The van der Waals surface area contributed by atoms with Gasteiger partial charge in [0, 0.05) is 0 Å². The van der Waals surface area contributed by atoms with Gasteiger partial charge in [-0.05, 0) is 74.9 Å². The quantitative estimate of drug-likeness (QED) is 0.625. The van der Waals surface area contributed by atoms with E-state index in [0.717, 1.165) is 43.8 Å². The predicted octanol–water partition coefficient (Wildman–Crippen LogP) is 0.675. The van der Waals surface area contributed by atoms with Crippen LogP contribution in [0.25, 0.3) is 0 Å². The normalized spacial score (nSPS) is 43.8. The van der Waals surface area contributed by atoms with Crippen molar-refractivity contribution in [3.05, 3.63) is 0 Å².